The molecule has 2 aliphatic rings. The SMILES string of the molecule is CCc1c2c(c(CC)c3c1Cc1cc(CN(CC)CC)ccc1-3)-c1ccccc1C2. The Kier molecular flexibility index (Phi) is 5.03. The molecule has 0 aromatic heterocycles. The van der Waals surface area contributed by atoms with E-state index in [1.165, 1.54) is 27.8 Å². The van der Waals surface area contributed by atoms with E-state index in [9.17, 15) is 0 Å². The van der Waals surface area contributed by atoms with Crippen molar-refractivity contribution >= 4 is 0 Å². The maximum Gasteiger partial charge on any atom is 0.0233 e. The molecule has 0 heterocycles. The van der Waals surface area contributed by atoms with Crippen LogP contribution in [-0.4, -0.2) is 18.0 Å². The summed E-state index contributed by atoms with van der Waals surface area (Å²) >= 11 is 0. The van der Waals surface area contributed by atoms with Crippen LogP contribution in [0.1, 0.15) is 66.6 Å². The van der Waals surface area contributed by atoms with Crippen molar-refractivity contribution in [3.63, 3.8) is 0 Å². The highest BCUT2D eigenvalue weighted by molar-refractivity contribution is 5.92. The molecule has 0 aliphatic heterocycles. The summed E-state index contributed by atoms with van der Waals surface area (Å²) in [7, 11) is 0. The summed E-state index contributed by atoms with van der Waals surface area (Å²) in [6.07, 6.45) is 4.45. The van der Waals surface area contributed by atoms with Crippen LogP contribution in [0.15, 0.2) is 42.5 Å². The fourth-order valence-electron chi connectivity index (χ4n) is 5.93. The molecule has 1 nitrogen and oxygen atoms in total. The molecule has 0 saturated heterocycles. The summed E-state index contributed by atoms with van der Waals surface area (Å²) in [5.74, 6) is 0. The zero-order valence-corrected chi connectivity index (χ0v) is 18.9. The van der Waals surface area contributed by atoms with Crippen LogP contribution in [0.4, 0.5) is 0 Å². The highest BCUT2D eigenvalue weighted by atomic mass is 15.1. The van der Waals surface area contributed by atoms with E-state index in [2.05, 4.69) is 75.1 Å². The van der Waals surface area contributed by atoms with Crippen LogP contribution < -0.4 is 0 Å². The minimum Gasteiger partial charge on any atom is -0.300 e. The minimum atomic E-state index is 1.06. The van der Waals surface area contributed by atoms with Crippen molar-refractivity contribution in [2.45, 2.75) is 59.9 Å². The Balaban J connectivity index is 1.68. The quantitative estimate of drug-likeness (QED) is 0.306. The van der Waals surface area contributed by atoms with Gasteiger partial charge in [-0.1, -0.05) is 70.2 Å². The molecule has 1 heteroatoms. The molecule has 0 bridgehead atoms. The Morgan fingerprint density at radius 1 is 0.700 bits per heavy atom. The topological polar surface area (TPSA) is 3.24 Å². The lowest BCUT2D eigenvalue weighted by atomic mass is 9.84. The standard InChI is InChI=1S/C29H33N/c1-5-22-26-16-20-11-9-10-12-24(20)28(26)23(6-2)29-25-14-13-19(18-30(7-3)8-4)15-21(25)17-27(22)29/h9-15H,5-8,16-18H2,1-4H3. The van der Waals surface area contributed by atoms with Gasteiger partial charge >= 0.3 is 0 Å². The maximum absolute atomic E-state index is 2.50. The molecular formula is C29H33N. The predicted octanol–water partition coefficient (Wildman–Crippen LogP) is 6.80. The molecule has 0 atom stereocenters. The number of rotatable bonds is 6. The fourth-order valence-corrected chi connectivity index (χ4v) is 5.93. The molecule has 0 saturated carbocycles. The van der Waals surface area contributed by atoms with Crippen molar-refractivity contribution in [3.8, 4) is 22.3 Å². The number of hydrogen-bond donors (Lipinski definition) is 0. The Bertz CT molecular complexity index is 1120. The first-order valence-corrected chi connectivity index (χ1v) is 11.8. The number of hydrogen-bond acceptors (Lipinski definition) is 1. The molecular weight excluding hydrogens is 362 g/mol. The normalized spacial score (nSPS) is 13.4. The summed E-state index contributed by atoms with van der Waals surface area (Å²) in [5.41, 5.74) is 17.0. The third-order valence-corrected chi connectivity index (χ3v) is 7.40. The Labute approximate surface area is 181 Å². The van der Waals surface area contributed by atoms with Gasteiger partial charge in [0.1, 0.15) is 0 Å². The Hall–Kier alpha value is -2.38. The first kappa shape index (κ1) is 19.6. The molecule has 5 rings (SSSR count). The summed E-state index contributed by atoms with van der Waals surface area (Å²) in [6.45, 7) is 12.5. The van der Waals surface area contributed by atoms with Gasteiger partial charge in [0.25, 0.3) is 0 Å². The highest BCUT2D eigenvalue weighted by Gasteiger charge is 2.32. The van der Waals surface area contributed by atoms with E-state index in [1.807, 2.05) is 0 Å². The van der Waals surface area contributed by atoms with Crippen molar-refractivity contribution in [1.82, 2.24) is 4.90 Å². The third-order valence-electron chi connectivity index (χ3n) is 7.40. The van der Waals surface area contributed by atoms with Crippen LogP contribution in [0.5, 0.6) is 0 Å². The van der Waals surface area contributed by atoms with Crippen molar-refractivity contribution in [3.05, 3.63) is 81.4 Å². The van der Waals surface area contributed by atoms with Gasteiger partial charge < -0.3 is 0 Å². The molecule has 0 amide bonds. The van der Waals surface area contributed by atoms with Crippen LogP contribution in [0, 0.1) is 0 Å². The van der Waals surface area contributed by atoms with Crippen molar-refractivity contribution < 1.29 is 0 Å². The van der Waals surface area contributed by atoms with E-state index >= 15 is 0 Å². The fraction of sp³-hybridized carbons (Fsp3) is 0.379. The van der Waals surface area contributed by atoms with Crippen LogP contribution >= 0.6 is 0 Å². The minimum absolute atomic E-state index is 1.06. The monoisotopic (exact) mass is 395 g/mol. The summed E-state index contributed by atoms with van der Waals surface area (Å²) in [4.78, 5) is 2.50. The number of fused-ring (bicyclic) bond motifs is 6. The van der Waals surface area contributed by atoms with Crippen LogP contribution in [0.3, 0.4) is 0 Å². The molecule has 0 N–H and O–H groups in total. The van der Waals surface area contributed by atoms with Crippen LogP contribution in [0.2, 0.25) is 0 Å². The largest absolute Gasteiger partial charge is 0.300 e. The first-order chi connectivity index (χ1) is 14.7. The lowest BCUT2D eigenvalue weighted by molar-refractivity contribution is 0.296. The predicted molar refractivity (Wildman–Crippen MR) is 128 cm³/mol. The Morgan fingerprint density at radius 2 is 1.33 bits per heavy atom. The molecule has 0 fully saturated rings. The molecule has 2 aliphatic carbocycles. The van der Waals surface area contributed by atoms with Crippen molar-refractivity contribution in [2.75, 3.05) is 13.1 Å². The van der Waals surface area contributed by atoms with Gasteiger partial charge in [-0.05, 0) is 100.0 Å². The van der Waals surface area contributed by atoms with E-state index in [0.29, 0.717) is 0 Å². The van der Waals surface area contributed by atoms with Gasteiger partial charge in [0, 0.05) is 6.54 Å². The maximum atomic E-state index is 2.50. The molecule has 0 unspecified atom stereocenters. The third kappa shape index (κ3) is 2.87. The molecule has 154 valence electrons. The number of benzene rings is 3. The zero-order chi connectivity index (χ0) is 20.8. The van der Waals surface area contributed by atoms with Gasteiger partial charge in [0.15, 0.2) is 0 Å². The molecule has 30 heavy (non-hydrogen) atoms. The summed E-state index contributed by atoms with van der Waals surface area (Å²) in [5, 5.41) is 0. The summed E-state index contributed by atoms with van der Waals surface area (Å²) < 4.78 is 0. The lowest BCUT2D eigenvalue weighted by Gasteiger charge is -2.20. The van der Waals surface area contributed by atoms with E-state index in [-0.39, 0.29) is 0 Å². The average molecular weight is 396 g/mol. The molecule has 0 radical (unpaired) electrons. The molecule has 0 spiro atoms. The smallest absolute Gasteiger partial charge is 0.0233 e. The van der Waals surface area contributed by atoms with Gasteiger partial charge in [-0.25, -0.2) is 0 Å². The van der Waals surface area contributed by atoms with Gasteiger partial charge in [0.05, 0.1) is 0 Å². The molecule has 3 aromatic rings. The van der Waals surface area contributed by atoms with Gasteiger partial charge in [0.2, 0.25) is 0 Å². The van der Waals surface area contributed by atoms with E-state index in [1.54, 1.807) is 33.4 Å². The second-order valence-corrected chi connectivity index (χ2v) is 8.83. The summed E-state index contributed by atoms with van der Waals surface area (Å²) in [6, 6.07) is 16.4. The van der Waals surface area contributed by atoms with Gasteiger partial charge in [-0.2, -0.15) is 0 Å². The van der Waals surface area contributed by atoms with E-state index < -0.39 is 0 Å². The molecule has 3 aromatic carbocycles. The van der Waals surface area contributed by atoms with Crippen LogP contribution in [0.25, 0.3) is 22.3 Å². The van der Waals surface area contributed by atoms with Crippen molar-refractivity contribution in [1.29, 1.82) is 0 Å². The average Bonchev–Trinajstić information content (AvgIpc) is 3.34. The lowest BCUT2D eigenvalue weighted by Crippen LogP contribution is -2.22. The number of nitrogens with zero attached hydrogens (tertiary/aromatic N) is 1. The Morgan fingerprint density at radius 3 is 2.00 bits per heavy atom. The zero-order valence-electron chi connectivity index (χ0n) is 18.9. The van der Waals surface area contributed by atoms with E-state index in [4.69, 9.17) is 0 Å². The highest BCUT2D eigenvalue weighted by Crippen LogP contribution is 2.50. The van der Waals surface area contributed by atoms with Crippen molar-refractivity contribution in [2.24, 2.45) is 0 Å². The second-order valence-electron chi connectivity index (χ2n) is 8.83. The van der Waals surface area contributed by atoms with Gasteiger partial charge in [-0.15, -0.1) is 0 Å². The second kappa shape index (κ2) is 7.71. The van der Waals surface area contributed by atoms with Gasteiger partial charge in [-0.3, -0.25) is 4.90 Å². The van der Waals surface area contributed by atoms with E-state index in [0.717, 1.165) is 45.3 Å². The van der Waals surface area contributed by atoms with Crippen LogP contribution in [-0.2, 0) is 32.2 Å². The first-order valence-electron chi connectivity index (χ1n) is 11.8.